The van der Waals surface area contributed by atoms with Gasteiger partial charge in [-0.25, -0.2) is 0 Å². The predicted octanol–water partition coefficient (Wildman–Crippen LogP) is 2.48. The molecule has 1 saturated heterocycles. The third-order valence-electron chi connectivity index (χ3n) is 5.97. The van der Waals surface area contributed by atoms with Crippen molar-refractivity contribution in [3.8, 4) is 23.3 Å². The minimum absolute atomic E-state index is 0.207. The molecule has 7 heteroatoms. The molecule has 0 saturated carbocycles. The number of rotatable bonds is 6. The van der Waals surface area contributed by atoms with Crippen LogP contribution in [0.4, 0.5) is 5.69 Å². The van der Waals surface area contributed by atoms with Crippen molar-refractivity contribution in [2.24, 2.45) is 0 Å². The number of nitrogens with zero attached hydrogens (tertiary/aromatic N) is 3. The Bertz CT molecular complexity index is 866. The number of phenols is 1. The summed E-state index contributed by atoms with van der Waals surface area (Å²) in [6, 6.07) is 5.34. The second kappa shape index (κ2) is 8.29. The van der Waals surface area contributed by atoms with E-state index in [-0.39, 0.29) is 17.5 Å². The van der Waals surface area contributed by atoms with Gasteiger partial charge >= 0.3 is 0 Å². The van der Waals surface area contributed by atoms with Crippen LogP contribution in [0, 0.1) is 0 Å². The van der Waals surface area contributed by atoms with Crippen LogP contribution in [0.5, 0.6) is 23.3 Å². The van der Waals surface area contributed by atoms with E-state index in [1.165, 1.54) is 0 Å². The van der Waals surface area contributed by atoms with Gasteiger partial charge in [-0.1, -0.05) is 18.2 Å². The normalized spacial score (nSPS) is 16.8. The zero-order valence-electron chi connectivity index (χ0n) is 16.8. The van der Waals surface area contributed by atoms with Crippen molar-refractivity contribution < 1.29 is 20.1 Å². The molecule has 1 fully saturated rings. The smallest absolute Gasteiger partial charge is 0.197 e. The SMILES string of the molecule is COc1cccc(O)c1N1CCN(CCCn2c(O)c3c(c2O)CC=CC3)CC1. The van der Waals surface area contributed by atoms with Gasteiger partial charge in [-0.3, -0.25) is 9.47 Å². The van der Waals surface area contributed by atoms with E-state index in [0.29, 0.717) is 25.1 Å². The maximum absolute atomic E-state index is 10.4. The van der Waals surface area contributed by atoms with Gasteiger partial charge in [0, 0.05) is 43.9 Å². The number of phenolic OH excluding ortho intramolecular Hbond substituents is 1. The van der Waals surface area contributed by atoms with E-state index < -0.39 is 0 Å². The number of para-hydroxylation sites is 1. The van der Waals surface area contributed by atoms with Crippen molar-refractivity contribution in [3.63, 3.8) is 0 Å². The van der Waals surface area contributed by atoms with E-state index in [1.54, 1.807) is 23.8 Å². The van der Waals surface area contributed by atoms with Gasteiger partial charge in [-0.2, -0.15) is 0 Å². The van der Waals surface area contributed by atoms with Crippen LogP contribution >= 0.6 is 0 Å². The summed E-state index contributed by atoms with van der Waals surface area (Å²) in [5.41, 5.74) is 2.47. The van der Waals surface area contributed by atoms with Crippen LogP contribution in [0.3, 0.4) is 0 Å². The fourth-order valence-electron chi connectivity index (χ4n) is 4.38. The van der Waals surface area contributed by atoms with Crippen molar-refractivity contribution in [1.82, 2.24) is 9.47 Å². The van der Waals surface area contributed by atoms with Crippen molar-refractivity contribution in [2.45, 2.75) is 25.8 Å². The number of benzene rings is 1. The van der Waals surface area contributed by atoms with Crippen LogP contribution in [-0.2, 0) is 19.4 Å². The summed E-state index contributed by atoms with van der Waals surface area (Å²) in [6.45, 7) is 4.90. The van der Waals surface area contributed by atoms with Gasteiger partial charge < -0.3 is 25.0 Å². The highest BCUT2D eigenvalue weighted by molar-refractivity contribution is 5.67. The number of anilines is 1. The van der Waals surface area contributed by atoms with Crippen LogP contribution in [0.1, 0.15) is 17.5 Å². The Morgan fingerprint density at radius 3 is 2.17 bits per heavy atom. The number of allylic oxidation sites excluding steroid dienone is 2. The van der Waals surface area contributed by atoms with E-state index in [0.717, 1.165) is 56.0 Å². The van der Waals surface area contributed by atoms with Crippen molar-refractivity contribution in [1.29, 1.82) is 0 Å². The van der Waals surface area contributed by atoms with E-state index in [2.05, 4.69) is 9.80 Å². The summed E-state index contributed by atoms with van der Waals surface area (Å²) in [4.78, 5) is 4.54. The highest BCUT2D eigenvalue weighted by Gasteiger charge is 2.24. The first kappa shape index (κ1) is 19.5. The molecule has 2 aliphatic rings. The third-order valence-corrected chi connectivity index (χ3v) is 5.97. The van der Waals surface area contributed by atoms with Crippen LogP contribution in [-0.4, -0.2) is 64.6 Å². The van der Waals surface area contributed by atoms with Crippen LogP contribution < -0.4 is 9.64 Å². The van der Waals surface area contributed by atoms with E-state index >= 15 is 0 Å². The second-order valence-electron chi connectivity index (χ2n) is 7.65. The van der Waals surface area contributed by atoms with Gasteiger partial charge in [0.15, 0.2) is 11.8 Å². The van der Waals surface area contributed by atoms with Gasteiger partial charge in [-0.15, -0.1) is 0 Å². The third kappa shape index (κ3) is 3.74. The van der Waals surface area contributed by atoms with Gasteiger partial charge in [0.25, 0.3) is 0 Å². The first-order valence-corrected chi connectivity index (χ1v) is 10.2. The van der Waals surface area contributed by atoms with E-state index in [1.807, 2.05) is 18.2 Å². The molecule has 4 rings (SSSR count). The molecule has 0 amide bonds. The lowest BCUT2D eigenvalue weighted by Gasteiger charge is -2.36. The molecule has 0 radical (unpaired) electrons. The fourth-order valence-corrected chi connectivity index (χ4v) is 4.38. The molecule has 156 valence electrons. The molecule has 0 bridgehead atoms. The molecule has 2 heterocycles. The molecular weight excluding hydrogens is 370 g/mol. The van der Waals surface area contributed by atoms with Gasteiger partial charge in [-0.05, 0) is 37.9 Å². The molecule has 7 nitrogen and oxygen atoms in total. The Balaban J connectivity index is 1.31. The maximum Gasteiger partial charge on any atom is 0.197 e. The topological polar surface area (TPSA) is 81.3 Å². The number of hydrogen-bond acceptors (Lipinski definition) is 6. The largest absolute Gasteiger partial charge is 0.506 e. The average Bonchev–Trinajstić information content (AvgIpc) is 2.99. The highest BCUT2D eigenvalue weighted by Crippen LogP contribution is 2.38. The van der Waals surface area contributed by atoms with Crippen LogP contribution in [0.2, 0.25) is 0 Å². The predicted molar refractivity (Wildman–Crippen MR) is 112 cm³/mol. The number of hydrogen-bond donors (Lipinski definition) is 3. The molecule has 0 atom stereocenters. The molecule has 2 aromatic rings. The van der Waals surface area contributed by atoms with E-state index in [9.17, 15) is 15.3 Å². The number of ether oxygens (including phenoxy) is 1. The molecule has 0 spiro atoms. The minimum atomic E-state index is 0.207. The Hall–Kier alpha value is -2.80. The summed E-state index contributed by atoms with van der Waals surface area (Å²) >= 11 is 0. The zero-order chi connectivity index (χ0) is 20.4. The van der Waals surface area contributed by atoms with E-state index in [4.69, 9.17) is 4.74 Å². The quantitative estimate of drug-likeness (QED) is 0.648. The number of aromatic hydroxyl groups is 3. The first-order chi connectivity index (χ1) is 14.1. The molecule has 1 aliphatic carbocycles. The zero-order valence-corrected chi connectivity index (χ0v) is 16.8. The van der Waals surface area contributed by atoms with Crippen LogP contribution in [0.25, 0.3) is 0 Å². The monoisotopic (exact) mass is 399 g/mol. The van der Waals surface area contributed by atoms with Crippen molar-refractivity contribution in [2.75, 3.05) is 44.7 Å². The number of methoxy groups -OCH3 is 1. The Morgan fingerprint density at radius 1 is 0.897 bits per heavy atom. The summed E-state index contributed by atoms with van der Waals surface area (Å²) in [6.07, 6.45) is 6.27. The van der Waals surface area contributed by atoms with Crippen molar-refractivity contribution >= 4 is 5.69 Å². The minimum Gasteiger partial charge on any atom is -0.506 e. The molecule has 3 N–H and O–H groups in total. The van der Waals surface area contributed by atoms with Crippen molar-refractivity contribution in [3.05, 3.63) is 41.5 Å². The lowest BCUT2D eigenvalue weighted by atomic mass is 10.0. The first-order valence-electron chi connectivity index (χ1n) is 10.2. The maximum atomic E-state index is 10.4. The molecule has 1 aliphatic heterocycles. The van der Waals surface area contributed by atoms with Crippen LogP contribution in [0.15, 0.2) is 30.4 Å². The molecule has 1 aromatic carbocycles. The Labute approximate surface area is 171 Å². The summed E-state index contributed by atoms with van der Waals surface area (Å²) in [7, 11) is 1.62. The lowest BCUT2D eigenvalue weighted by molar-refractivity contribution is 0.245. The number of aromatic nitrogens is 1. The Morgan fingerprint density at radius 2 is 1.55 bits per heavy atom. The summed E-state index contributed by atoms with van der Waals surface area (Å²) in [5.74, 6) is 1.35. The standard InChI is InChI=1S/C22H29N3O4/c1-29-19-9-4-8-18(26)20(19)24-14-12-23(13-15-24)10-5-11-25-21(27)16-6-2-3-7-17(16)22(25)28/h2-4,8-9,26-28H,5-7,10-15H2,1H3. The highest BCUT2D eigenvalue weighted by atomic mass is 16.5. The summed E-state index contributed by atoms with van der Waals surface area (Å²) < 4.78 is 7.05. The molecular formula is C22H29N3O4. The van der Waals surface area contributed by atoms with Gasteiger partial charge in [0.05, 0.1) is 7.11 Å². The molecule has 1 aromatic heterocycles. The molecule has 0 unspecified atom stereocenters. The lowest BCUT2D eigenvalue weighted by Crippen LogP contribution is -2.46. The second-order valence-corrected chi connectivity index (χ2v) is 7.65. The van der Waals surface area contributed by atoms with Gasteiger partial charge in [0.2, 0.25) is 0 Å². The number of piperazine rings is 1. The molecule has 29 heavy (non-hydrogen) atoms. The van der Waals surface area contributed by atoms with Gasteiger partial charge in [0.1, 0.15) is 17.2 Å². The fraction of sp³-hybridized carbons (Fsp3) is 0.455. The Kier molecular flexibility index (Phi) is 5.58. The summed E-state index contributed by atoms with van der Waals surface area (Å²) in [5, 5.41) is 31.1. The number of fused-ring (bicyclic) bond motifs is 1. The average molecular weight is 399 g/mol.